The molecule has 6 heteroatoms. The van der Waals surface area contributed by atoms with Crippen molar-refractivity contribution in [2.24, 2.45) is 0 Å². The lowest BCUT2D eigenvalue weighted by atomic mass is 10.1. The van der Waals surface area contributed by atoms with Gasteiger partial charge in [0.2, 0.25) is 0 Å². The predicted molar refractivity (Wildman–Crippen MR) is 111 cm³/mol. The van der Waals surface area contributed by atoms with E-state index in [0.29, 0.717) is 35.0 Å². The zero-order valence-corrected chi connectivity index (χ0v) is 16.4. The molecule has 0 aliphatic rings. The van der Waals surface area contributed by atoms with Crippen LogP contribution in [0.5, 0.6) is 0 Å². The first-order valence-electron chi connectivity index (χ1n) is 8.72. The average molecular weight is 434 g/mol. The van der Waals surface area contributed by atoms with Crippen LogP contribution in [-0.2, 0) is 6.42 Å². The Hall–Kier alpha value is -3.25. The van der Waals surface area contributed by atoms with Gasteiger partial charge < -0.3 is 9.84 Å². The van der Waals surface area contributed by atoms with E-state index in [4.69, 9.17) is 4.52 Å². The molecule has 3 aromatic carbocycles. The van der Waals surface area contributed by atoms with E-state index in [1.54, 1.807) is 12.1 Å². The number of anilines is 1. The largest absolute Gasteiger partial charge is 0.334 e. The van der Waals surface area contributed by atoms with Gasteiger partial charge in [-0.2, -0.15) is 4.98 Å². The van der Waals surface area contributed by atoms with Gasteiger partial charge in [0.05, 0.1) is 11.3 Å². The van der Waals surface area contributed by atoms with Crippen molar-refractivity contribution in [1.82, 2.24) is 10.1 Å². The van der Waals surface area contributed by atoms with Crippen LogP contribution in [0.4, 0.5) is 5.69 Å². The third-order valence-corrected chi connectivity index (χ3v) is 4.71. The van der Waals surface area contributed by atoms with Crippen molar-refractivity contribution in [3.05, 3.63) is 100 Å². The Balaban J connectivity index is 1.56. The maximum Gasteiger partial charge on any atom is 0.260 e. The lowest BCUT2D eigenvalue weighted by Gasteiger charge is -2.08. The smallest absolute Gasteiger partial charge is 0.260 e. The standard InChI is InChI=1S/C22H16BrN3O2/c23-17-12-10-16(11-13-17)21(27)24-19-9-5-4-8-18(19)22-25-20(26-28-22)14-15-6-2-1-3-7-15/h1-13H,14H2,(H,24,27). The summed E-state index contributed by atoms with van der Waals surface area (Å²) in [5, 5.41) is 6.99. The molecule has 28 heavy (non-hydrogen) atoms. The summed E-state index contributed by atoms with van der Waals surface area (Å²) in [6.45, 7) is 0. The first-order chi connectivity index (χ1) is 13.7. The number of hydrogen-bond donors (Lipinski definition) is 1. The lowest BCUT2D eigenvalue weighted by Crippen LogP contribution is -2.12. The van der Waals surface area contributed by atoms with Gasteiger partial charge in [0.15, 0.2) is 5.82 Å². The highest BCUT2D eigenvalue weighted by atomic mass is 79.9. The van der Waals surface area contributed by atoms with Gasteiger partial charge in [-0.25, -0.2) is 0 Å². The summed E-state index contributed by atoms with van der Waals surface area (Å²) >= 11 is 3.37. The van der Waals surface area contributed by atoms with Crippen molar-refractivity contribution in [3.63, 3.8) is 0 Å². The third-order valence-electron chi connectivity index (χ3n) is 4.19. The van der Waals surface area contributed by atoms with Crippen LogP contribution in [0.3, 0.4) is 0 Å². The van der Waals surface area contributed by atoms with E-state index in [-0.39, 0.29) is 5.91 Å². The van der Waals surface area contributed by atoms with E-state index < -0.39 is 0 Å². The van der Waals surface area contributed by atoms with E-state index in [0.717, 1.165) is 10.0 Å². The van der Waals surface area contributed by atoms with E-state index in [2.05, 4.69) is 31.4 Å². The second-order valence-corrected chi connectivity index (χ2v) is 7.10. The molecule has 1 amide bonds. The molecule has 4 aromatic rings. The number of halogens is 1. The van der Waals surface area contributed by atoms with Gasteiger partial charge in [-0.3, -0.25) is 4.79 Å². The zero-order valence-electron chi connectivity index (χ0n) is 14.8. The summed E-state index contributed by atoms with van der Waals surface area (Å²) in [5.41, 5.74) is 2.96. The molecule has 1 N–H and O–H groups in total. The summed E-state index contributed by atoms with van der Waals surface area (Å²) in [4.78, 5) is 17.1. The Bertz CT molecular complexity index is 1090. The quantitative estimate of drug-likeness (QED) is 0.460. The minimum Gasteiger partial charge on any atom is -0.334 e. The summed E-state index contributed by atoms with van der Waals surface area (Å²) in [5.74, 6) is 0.761. The Morgan fingerprint density at radius 3 is 2.43 bits per heavy atom. The number of carbonyl (C=O) groups excluding carboxylic acids is 1. The molecule has 0 saturated heterocycles. The summed E-state index contributed by atoms with van der Waals surface area (Å²) in [6, 6.07) is 24.5. The predicted octanol–water partition coefficient (Wildman–Crippen LogP) is 5.34. The summed E-state index contributed by atoms with van der Waals surface area (Å²) < 4.78 is 6.37. The van der Waals surface area contributed by atoms with Gasteiger partial charge in [-0.1, -0.05) is 63.6 Å². The molecule has 5 nitrogen and oxygen atoms in total. The second-order valence-electron chi connectivity index (χ2n) is 6.18. The third kappa shape index (κ3) is 4.18. The van der Waals surface area contributed by atoms with Crippen molar-refractivity contribution < 1.29 is 9.32 Å². The maximum absolute atomic E-state index is 12.6. The SMILES string of the molecule is O=C(Nc1ccccc1-c1nc(Cc2ccccc2)no1)c1ccc(Br)cc1. The highest BCUT2D eigenvalue weighted by molar-refractivity contribution is 9.10. The number of amides is 1. The minimum atomic E-state index is -0.205. The number of benzene rings is 3. The molecule has 138 valence electrons. The van der Waals surface area contributed by atoms with Crippen LogP contribution in [0, 0.1) is 0 Å². The number of nitrogens with zero attached hydrogens (tertiary/aromatic N) is 2. The molecule has 0 aliphatic carbocycles. The van der Waals surface area contributed by atoms with Crippen molar-refractivity contribution in [2.45, 2.75) is 6.42 Å². The molecule has 0 spiro atoms. The normalized spacial score (nSPS) is 10.6. The van der Waals surface area contributed by atoms with Gasteiger partial charge >= 0.3 is 0 Å². The highest BCUT2D eigenvalue weighted by Gasteiger charge is 2.15. The van der Waals surface area contributed by atoms with Crippen LogP contribution in [0.1, 0.15) is 21.7 Å². The van der Waals surface area contributed by atoms with Gasteiger partial charge in [0.1, 0.15) is 0 Å². The van der Waals surface area contributed by atoms with E-state index in [9.17, 15) is 4.79 Å². The van der Waals surface area contributed by atoms with E-state index in [1.165, 1.54) is 0 Å². The maximum atomic E-state index is 12.6. The van der Waals surface area contributed by atoms with Crippen LogP contribution in [-0.4, -0.2) is 16.0 Å². The minimum absolute atomic E-state index is 0.205. The van der Waals surface area contributed by atoms with E-state index in [1.807, 2.05) is 66.7 Å². The fourth-order valence-electron chi connectivity index (χ4n) is 2.79. The molecule has 0 saturated carbocycles. The number of nitrogens with one attached hydrogen (secondary N) is 1. The molecule has 0 radical (unpaired) electrons. The molecular formula is C22H16BrN3O2. The second kappa shape index (κ2) is 8.19. The van der Waals surface area contributed by atoms with Gasteiger partial charge in [-0.05, 0) is 42.0 Å². The molecule has 4 rings (SSSR count). The monoisotopic (exact) mass is 433 g/mol. The topological polar surface area (TPSA) is 68.0 Å². The van der Waals surface area contributed by atoms with Gasteiger partial charge in [0, 0.05) is 16.5 Å². The average Bonchev–Trinajstić information content (AvgIpc) is 3.18. The van der Waals surface area contributed by atoms with Crippen LogP contribution < -0.4 is 5.32 Å². The molecule has 0 atom stereocenters. The fraction of sp³-hybridized carbons (Fsp3) is 0.0455. The lowest BCUT2D eigenvalue weighted by molar-refractivity contribution is 0.102. The van der Waals surface area contributed by atoms with Crippen molar-refractivity contribution in [2.75, 3.05) is 5.32 Å². The number of aromatic nitrogens is 2. The van der Waals surface area contributed by atoms with Crippen LogP contribution in [0.15, 0.2) is 87.9 Å². The van der Waals surface area contributed by atoms with E-state index >= 15 is 0 Å². The van der Waals surface area contributed by atoms with Crippen LogP contribution >= 0.6 is 15.9 Å². The first kappa shape index (κ1) is 18.1. The Morgan fingerprint density at radius 2 is 1.64 bits per heavy atom. The van der Waals surface area contributed by atoms with Crippen molar-refractivity contribution in [3.8, 4) is 11.5 Å². The first-order valence-corrected chi connectivity index (χ1v) is 9.51. The zero-order chi connectivity index (χ0) is 19.3. The fourth-order valence-corrected chi connectivity index (χ4v) is 3.05. The summed E-state index contributed by atoms with van der Waals surface area (Å²) in [6.07, 6.45) is 0.581. The number of para-hydroxylation sites is 1. The molecular weight excluding hydrogens is 418 g/mol. The number of hydrogen-bond acceptors (Lipinski definition) is 4. The van der Waals surface area contributed by atoms with Crippen molar-refractivity contribution >= 4 is 27.5 Å². The van der Waals surface area contributed by atoms with Gasteiger partial charge in [0.25, 0.3) is 11.8 Å². The molecule has 0 unspecified atom stereocenters. The molecule has 0 fully saturated rings. The number of carbonyl (C=O) groups is 1. The Labute approximate surface area is 170 Å². The number of rotatable bonds is 5. The highest BCUT2D eigenvalue weighted by Crippen LogP contribution is 2.27. The van der Waals surface area contributed by atoms with Gasteiger partial charge in [-0.15, -0.1) is 0 Å². The molecule has 0 aliphatic heterocycles. The summed E-state index contributed by atoms with van der Waals surface area (Å²) in [7, 11) is 0. The van der Waals surface area contributed by atoms with Crippen molar-refractivity contribution in [1.29, 1.82) is 0 Å². The van der Waals surface area contributed by atoms with Crippen LogP contribution in [0.25, 0.3) is 11.5 Å². The molecule has 0 bridgehead atoms. The Morgan fingerprint density at radius 1 is 0.929 bits per heavy atom. The van der Waals surface area contributed by atoms with Crippen LogP contribution in [0.2, 0.25) is 0 Å². The molecule has 1 aromatic heterocycles. The Kier molecular flexibility index (Phi) is 5.30. The molecule has 1 heterocycles.